The van der Waals surface area contributed by atoms with E-state index in [1.807, 2.05) is 0 Å². The normalized spacial score (nSPS) is 17.0. The SMILES string of the molecule is CN(CC(O)C(O)C(O)C(O)CO)/N=N/c1nc[nH]c1C(N)=O. The van der Waals surface area contributed by atoms with Crippen LogP contribution in [0.3, 0.4) is 0 Å². The largest absolute Gasteiger partial charge is 0.394 e. The number of nitrogens with zero attached hydrogens (tertiary/aromatic N) is 4. The maximum Gasteiger partial charge on any atom is 0.269 e. The first-order valence-corrected chi connectivity index (χ1v) is 6.57. The van der Waals surface area contributed by atoms with Crippen LogP contribution in [-0.4, -0.2) is 91.0 Å². The summed E-state index contributed by atoms with van der Waals surface area (Å²) in [4.78, 5) is 17.3. The molecule has 1 aromatic heterocycles. The molecule has 0 aliphatic heterocycles. The fraction of sp³-hybridized carbons (Fsp3) is 0.636. The minimum atomic E-state index is -1.73. The smallest absolute Gasteiger partial charge is 0.269 e. The zero-order chi connectivity index (χ0) is 17.6. The molecule has 0 radical (unpaired) electrons. The highest BCUT2D eigenvalue weighted by Gasteiger charge is 2.30. The van der Waals surface area contributed by atoms with Crippen molar-refractivity contribution >= 4 is 11.7 Å². The lowest BCUT2D eigenvalue weighted by Crippen LogP contribution is -2.48. The van der Waals surface area contributed by atoms with Crippen LogP contribution in [0.4, 0.5) is 5.82 Å². The topological polar surface area (TPSA) is 201 Å². The van der Waals surface area contributed by atoms with Crippen molar-refractivity contribution in [2.75, 3.05) is 20.2 Å². The number of hydrogen-bond acceptors (Lipinski definition) is 9. The Balaban J connectivity index is 2.61. The molecule has 0 aliphatic carbocycles. The third-order valence-electron chi connectivity index (χ3n) is 2.93. The maximum atomic E-state index is 11.1. The number of imidazole rings is 1. The number of aromatic amines is 1. The minimum absolute atomic E-state index is 0.0378. The molecule has 0 aromatic carbocycles. The molecule has 130 valence electrons. The summed E-state index contributed by atoms with van der Waals surface area (Å²) in [5, 5.41) is 55.2. The van der Waals surface area contributed by atoms with E-state index in [4.69, 9.17) is 10.8 Å². The van der Waals surface area contributed by atoms with Crippen molar-refractivity contribution in [3.8, 4) is 0 Å². The molecule has 0 aliphatic rings. The molecule has 12 heteroatoms. The van der Waals surface area contributed by atoms with Crippen molar-refractivity contribution in [1.29, 1.82) is 0 Å². The molecule has 0 spiro atoms. The molecule has 0 saturated carbocycles. The fourth-order valence-electron chi connectivity index (χ4n) is 1.64. The van der Waals surface area contributed by atoms with E-state index >= 15 is 0 Å². The first kappa shape index (κ1) is 18.9. The van der Waals surface area contributed by atoms with Gasteiger partial charge in [-0.15, -0.1) is 5.11 Å². The molecule has 1 aromatic rings. The molecule has 12 nitrogen and oxygen atoms in total. The van der Waals surface area contributed by atoms with Gasteiger partial charge in [0.2, 0.25) is 5.82 Å². The van der Waals surface area contributed by atoms with Crippen molar-refractivity contribution in [2.45, 2.75) is 24.4 Å². The number of hydrogen-bond donors (Lipinski definition) is 7. The number of nitrogens with one attached hydrogen (secondary N) is 1. The summed E-state index contributed by atoms with van der Waals surface area (Å²) in [7, 11) is 1.41. The summed E-state index contributed by atoms with van der Waals surface area (Å²) in [5.74, 6) is -0.814. The van der Waals surface area contributed by atoms with Gasteiger partial charge in [0.25, 0.3) is 5.91 Å². The van der Waals surface area contributed by atoms with Gasteiger partial charge in [-0.25, -0.2) is 4.98 Å². The number of primary amides is 1. The van der Waals surface area contributed by atoms with Crippen LogP contribution in [0, 0.1) is 0 Å². The van der Waals surface area contributed by atoms with Gasteiger partial charge in [0.1, 0.15) is 24.4 Å². The van der Waals surface area contributed by atoms with E-state index in [1.165, 1.54) is 13.4 Å². The molecule has 1 rings (SSSR count). The van der Waals surface area contributed by atoms with Gasteiger partial charge in [0.05, 0.1) is 19.5 Å². The Hall–Kier alpha value is -2.12. The summed E-state index contributed by atoms with van der Waals surface area (Å²) in [5.41, 5.74) is 5.05. The second kappa shape index (κ2) is 8.50. The van der Waals surface area contributed by atoms with Crippen molar-refractivity contribution in [3.63, 3.8) is 0 Å². The first-order chi connectivity index (χ1) is 10.8. The molecule has 4 unspecified atom stereocenters. The van der Waals surface area contributed by atoms with E-state index in [0.29, 0.717) is 0 Å². The van der Waals surface area contributed by atoms with Gasteiger partial charge in [0, 0.05) is 7.05 Å². The predicted molar refractivity (Wildman–Crippen MR) is 75.4 cm³/mol. The Morgan fingerprint density at radius 3 is 2.52 bits per heavy atom. The van der Waals surface area contributed by atoms with E-state index in [1.54, 1.807) is 0 Å². The van der Waals surface area contributed by atoms with Crippen molar-refractivity contribution in [1.82, 2.24) is 15.0 Å². The zero-order valence-electron chi connectivity index (χ0n) is 12.3. The van der Waals surface area contributed by atoms with Crippen LogP contribution in [0.15, 0.2) is 16.7 Å². The third-order valence-corrected chi connectivity index (χ3v) is 2.93. The predicted octanol–water partition coefficient (Wildman–Crippen LogP) is -3.12. The van der Waals surface area contributed by atoms with Crippen LogP contribution in [0.1, 0.15) is 10.5 Å². The van der Waals surface area contributed by atoms with E-state index in [2.05, 4.69) is 20.3 Å². The van der Waals surface area contributed by atoms with E-state index in [-0.39, 0.29) is 18.1 Å². The minimum Gasteiger partial charge on any atom is -0.394 e. The lowest BCUT2D eigenvalue weighted by atomic mass is 10.0. The summed E-state index contributed by atoms with van der Waals surface area (Å²) < 4.78 is 0. The lowest BCUT2D eigenvalue weighted by Gasteiger charge is -2.27. The van der Waals surface area contributed by atoms with Crippen LogP contribution < -0.4 is 5.73 Å². The average Bonchev–Trinajstić information content (AvgIpc) is 2.99. The first-order valence-electron chi connectivity index (χ1n) is 6.57. The Labute approximate surface area is 130 Å². The summed E-state index contributed by atoms with van der Waals surface area (Å²) in [6, 6.07) is 0. The number of carbonyl (C=O) groups excluding carboxylic acids is 1. The molecular weight excluding hydrogens is 312 g/mol. The highest BCUT2D eigenvalue weighted by molar-refractivity contribution is 5.94. The van der Waals surface area contributed by atoms with Crippen LogP contribution in [0.5, 0.6) is 0 Å². The lowest BCUT2D eigenvalue weighted by molar-refractivity contribution is -0.118. The van der Waals surface area contributed by atoms with Gasteiger partial charge < -0.3 is 36.3 Å². The van der Waals surface area contributed by atoms with Gasteiger partial charge in [-0.2, -0.15) is 0 Å². The number of carbonyl (C=O) groups is 1. The zero-order valence-corrected chi connectivity index (χ0v) is 12.3. The number of nitrogens with two attached hydrogens (primary N) is 1. The monoisotopic (exact) mass is 332 g/mol. The molecule has 1 heterocycles. The van der Waals surface area contributed by atoms with Crippen LogP contribution in [-0.2, 0) is 0 Å². The van der Waals surface area contributed by atoms with Crippen LogP contribution in [0.25, 0.3) is 0 Å². The number of aliphatic hydroxyl groups is 5. The summed E-state index contributed by atoms with van der Waals surface area (Å²) in [6.07, 6.45) is -5.30. The number of H-pyrrole nitrogens is 1. The quantitative estimate of drug-likeness (QED) is 0.182. The van der Waals surface area contributed by atoms with Gasteiger partial charge in [-0.1, -0.05) is 5.22 Å². The highest BCUT2D eigenvalue weighted by atomic mass is 16.4. The molecule has 4 atom stereocenters. The molecule has 0 fully saturated rings. The van der Waals surface area contributed by atoms with E-state index < -0.39 is 36.9 Å². The molecule has 8 N–H and O–H groups in total. The summed E-state index contributed by atoms with van der Waals surface area (Å²) >= 11 is 0. The maximum absolute atomic E-state index is 11.1. The highest BCUT2D eigenvalue weighted by Crippen LogP contribution is 2.14. The average molecular weight is 332 g/mol. The van der Waals surface area contributed by atoms with Gasteiger partial charge in [-0.3, -0.25) is 9.80 Å². The number of rotatable bonds is 9. The molecule has 1 amide bonds. The Morgan fingerprint density at radius 1 is 1.35 bits per heavy atom. The van der Waals surface area contributed by atoms with Crippen molar-refractivity contribution in [2.24, 2.45) is 16.1 Å². The molecule has 0 bridgehead atoms. The standard InChI is InChI=1S/C11H20N6O6/c1-17(2-5(19)8(21)9(22)6(20)3-18)16-15-11-7(10(12)23)13-4-14-11/h4-6,8-9,18-22H,2-3H2,1H3,(H2,12,23)(H,13,14)/b16-15+. The van der Waals surface area contributed by atoms with Crippen LogP contribution >= 0.6 is 0 Å². The van der Waals surface area contributed by atoms with Crippen molar-refractivity contribution < 1.29 is 30.3 Å². The Morgan fingerprint density at radius 2 is 1.96 bits per heavy atom. The van der Waals surface area contributed by atoms with Gasteiger partial charge in [0.15, 0.2) is 5.69 Å². The number of aromatic nitrogens is 2. The molecule has 0 saturated heterocycles. The van der Waals surface area contributed by atoms with E-state index in [0.717, 1.165) is 5.01 Å². The van der Waals surface area contributed by atoms with E-state index in [9.17, 15) is 25.2 Å². The van der Waals surface area contributed by atoms with Gasteiger partial charge >= 0.3 is 0 Å². The molecular formula is C11H20N6O6. The number of aliphatic hydroxyl groups excluding tert-OH is 5. The Bertz CT molecular complexity index is 537. The fourth-order valence-corrected chi connectivity index (χ4v) is 1.64. The second-order valence-corrected chi connectivity index (χ2v) is 4.79. The number of amides is 1. The Kier molecular flexibility index (Phi) is 6.99. The van der Waals surface area contributed by atoms with Crippen molar-refractivity contribution in [3.05, 3.63) is 12.0 Å². The summed E-state index contributed by atoms with van der Waals surface area (Å²) in [6.45, 7) is -1.02. The van der Waals surface area contributed by atoms with Gasteiger partial charge in [-0.05, 0) is 0 Å². The third kappa shape index (κ3) is 5.22. The number of likely N-dealkylation sites (N-methyl/N-ethyl adjacent to an activating group) is 1. The van der Waals surface area contributed by atoms with Crippen LogP contribution in [0.2, 0.25) is 0 Å². The molecule has 23 heavy (non-hydrogen) atoms. The second-order valence-electron chi connectivity index (χ2n) is 4.79.